The van der Waals surface area contributed by atoms with E-state index >= 15 is 0 Å². The quantitative estimate of drug-likeness (QED) is 0.779. The average molecular weight is 313 g/mol. The molecule has 0 spiro atoms. The molecule has 0 aliphatic heterocycles. The van der Waals surface area contributed by atoms with Crippen LogP contribution in [0.25, 0.3) is 11.3 Å². The first kappa shape index (κ1) is 14.5. The van der Waals surface area contributed by atoms with Gasteiger partial charge < -0.3 is 10.1 Å². The van der Waals surface area contributed by atoms with Gasteiger partial charge in [0.25, 0.3) is 5.56 Å². The summed E-state index contributed by atoms with van der Waals surface area (Å²) >= 11 is 1.58. The highest BCUT2D eigenvalue weighted by atomic mass is 32.1. The van der Waals surface area contributed by atoms with E-state index in [1.807, 2.05) is 31.4 Å². The lowest BCUT2D eigenvalue weighted by atomic mass is 9.90. The first-order valence-electron chi connectivity index (χ1n) is 6.79. The van der Waals surface area contributed by atoms with E-state index < -0.39 is 11.0 Å². The largest absolute Gasteiger partial charge is 0.493 e. The van der Waals surface area contributed by atoms with Crippen molar-refractivity contribution in [2.24, 2.45) is 0 Å². The number of H-pyrrole nitrogens is 1. The van der Waals surface area contributed by atoms with Crippen molar-refractivity contribution in [1.82, 2.24) is 15.0 Å². The van der Waals surface area contributed by atoms with Gasteiger partial charge in [0, 0.05) is 11.1 Å². The Morgan fingerprint density at radius 3 is 2.64 bits per heavy atom. The number of thiophene rings is 1. The fourth-order valence-electron chi connectivity index (χ4n) is 2.25. The second-order valence-electron chi connectivity index (χ2n) is 5.43. The standard InChI is InChI=1S/C16H15N3O2S/c1-16(2,11-7-5-9-22-11)15-18-13(20)12(14(21)19-15)10-6-3-4-8-17-10/h3-9H,1-2H3,(H2,18,19,20,21). The third kappa shape index (κ3) is 2.42. The van der Waals surface area contributed by atoms with Crippen molar-refractivity contribution in [3.63, 3.8) is 0 Å². The number of hydrogen-bond acceptors (Lipinski definition) is 5. The number of aromatic amines is 1. The van der Waals surface area contributed by atoms with Crippen molar-refractivity contribution in [3.05, 3.63) is 63.0 Å². The molecule has 0 saturated carbocycles. The van der Waals surface area contributed by atoms with E-state index in [9.17, 15) is 9.90 Å². The minimum absolute atomic E-state index is 0.0892. The summed E-state index contributed by atoms with van der Waals surface area (Å²) in [7, 11) is 0. The van der Waals surface area contributed by atoms with Gasteiger partial charge in [-0.2, -0.15) is 4.98 Å². The van der Waals surface area contributed by atoms with E-state index in [4.69, 9.17) is 0 Å². The lowest BCUT2D eigenvalue weighted by Crippen LogP contribution is -2.26. The van der Waals surface area contributed by atoms with Gasteiger partial charge in [-0.1, -0.05) is 12.1 Å². The molecular weight excluding hydrogens is 298 g/mol. The molecule has 0 saturated heterocycles. The van der Waals surface area contributed by atoms with Crippen LogP contribution in [0.5, 0.6) is 5.88 Å². The van der Waals surface area contributed by atoms with Crippen molar-refractivity contribution >= 4 is 11.3 Å². The van der Waals surface area contributed by atoms with Crippen LogP contribution in [-0.4, -0.2) is 20.1 Å². The number of aromatic hydroxyl groups is 1. The third-order valence-electron chi connectivity index (χ3n) is 3.55. The smallest absolute Gasteiger partial charge is 0.264 e. The highest BCUT2D eigenvalue weighted by Crippen LogP contribution is 2.33. The van der Waals surface area contributed by atoms with E-state index in [0.29, 0.717) is 11.5 Å². The Kier molecular flexibility index (Phi) is 3.54. The minimum Gasteiger partial charge on any atom is -0.493 e. The zero-order valence-corrected chi connectivity index (χ0v) is 13.0. The highest BCUT2D eigenvalue weighted by Gasteiger charge is 2.29. The van der Waals surface area contributed by atoms with Crippen LogP contribution in [0.1, 0.15) is 24.5 Å². The van der Waals surface area contributed by atoms with Gasteiger partial charge in [0.2, 0.25) is 5.88 Å². The summed E-state index contributed by atoms with van der Waals surface area (Å²) in [6.45, 7) is 3.91. The molecule has 0 fully saturated rings. The molecule has 0 aliphatic rings. The molecular formula is C16H15N3O2S. The average Bonchev–Trinajstić information content (AvgIpc) is 3.02. The first-order valence-corrected chi connectivity index (χ1v) is 7.67. The lowest BCUT2D eigenvalue weighted by molar-refractivity contribution is 0.442. The van der Waals surface area contributed by atoms with Crippen molar-refractivity contribution in [2.45, 2.75) is 19.3 Å². The molecule has 2 N–H and O–H groups in total. The SMILES string of the molecule is CC(C)(c1nc(O)c(-c2ccccn2)c(=O)[nH]1)c1cccs1. The highest BCUT2D eigenvalue weighted by molar-refractivity contribution is 7.10. The van der Waals surface area contributed by atoms with Crippen LogP contribution in [0.3, 0.4) is 0 Å². The Morgan fingerprint density at radius 2 is 2.05 bits per heavy atom. The summed E-state index contributed by atoms with van der Waals surface area (Å²) in [5.41, 5.74) is -0.403. The van der Waals surface area contributed by atoms with Crippen LogP contribution in [0.2, 0.25) is 0 Å². The molecule has 3 rings (SSSR count). The molecule has 3 aromatic heterocycles. The van der Waals surface area contributed by atoms with Gasteiger partial charge in [-0.15, -0.1) is 11.3 Å². The maximum absolute atomic E-state index is 12.4. The van der Waals surface area contributed by atoms with Crippen LogP contribution in [0.4, 0.5) is 0 Å². The second-order valence-corrected chi connectivity index (χ2v) is 6.38. The zero-order chi connectivity index (χ0) is 15.7. The predicted octanol–water partition coefficient (Wildman–Crippen LogP) is 2.92. The van der Waals surface area contributed by atoms with E-state index in [2.05, 4.69) is 15.0 Å². The molecule has 0 radical (unpaired) electrons. The first-order chi connectivity index (χ1) is 10.5. The number of nitrogens with one attached hydrogen (secondary N) is 1. The maximum Gasteiger partial charge on any atom is 0.264 e. The minimum atomic E-state index is -0.493. The summed E-state index contributed by atoms with van der Waals surface area (Å²) in [6, 6.07) is 9.09. The number of pyridine rings is 1. The number of aromatic nitrogens is 3. The van der Waals surface area contributed by atoms with Crippen molar-refractivity contribution < 1.29 is 5.11 Å². The van der Waals surface area contributed by atoms with Crippen LogP contribution >= 0.6 is 11.3 Å². The number of rotatable bonds is 3. The summed E-state index contributed by atoms with van der Waals surface area (Å²) in [5, 5.41) is 12.2. The van der Waals surface area contributed by atoms with E-state index in [1.54, 1.807) is 35.7 Å². The molecule has 0 aromatic carbocycles. The Balaban J connectivity index is 2.13. The molecule has 112 valence electrons. The van der Waals surface area contributed by atoms with Crippen molar-refractivity contribution in [1.29, 1.82) is 0 Å². The fraction of sp³-hybridized carbons (Fsp3) is 0.188. The van der Waals surface area contributed by atoms with Gasteiger partial charge in [-0.25, -0.2) is 0 Å². The van der Waals surface area contributed by atoms with Gasteiger partial charge in [-0.05, 0) is 37.4 Å². The normalized spacial score (nSPS) is 11.5. The molecule has 0 bridgehead atoms. The molecule has 0 unspecified atom stereocenters. The Bertz CT molecular complexity index is 840. The van der Waals surface area contributed by atoms with E-state index in [1.165, 1.54) is 0 Å². The number of hydrogen-bond donors (Lipinski definition) is 2. The van der Waals surface area contributed by atoms with Crippen LogP contribution in [0.15, 0.2) is 46.7 Å². The van der Waals surface area contributed by atoms with Gasteiger partial charge in [-0.3, -0.25) is 9.78 Å². The number of nitrogens with zero attached hydrogens (tertiary/aromatic N) is 2. The Hall–Kier alpha value is -2.47. The van der Waals surface area contributed by atoms with Crippen molar-refractivity contribution in [2.75, 3.05) is 0 Å². The van der Waals surface area contributed by atoms with Crippen LogP contribution in [-0.2, 0) is 5.41 Å². The van der Waals surface area contributed by atoms with Gasteiger partial charge in [0.15, 0.2) is 0 Å². The lowest BCUT2D eigenvalue weighted by Gasteiger charge is -2.22. The second kappa shape index (κ2) is 5.38. The summed E-state index contributed by atoms with van der Waals surface area (Å²) in [6.07, 6.45) is 1.57. The molecule has 6 heteroatoms. The zero-order valence-electron chi connectivity index (χ0n) is 12.2. The van der Waals surface area contributed by atoms with E-state index in [0.717, 1.165) is 4.88 Å². The fourth-order valence-corrected chi connectivity index (χ4v) is 3.10. The molecule has 3 aromatic rings. The summed E-state index contributed by atoms with van der Waals surface area (Å²) in [5.74, 6) is 0.124. The van der Waals surface area contributed by atoms with Gasteiger partial charge in [0.05, 0.1) is 11.1 Å². The van der Waals surface area contributed by atoms with E-state index in [-0.39, 0.29) is 11.4 Å². The summed E-state index contributed by atoms with van der Waals surface area (Å²) in [4.78, 5) is 24.5. The molecule has 0 aliphatic carbocycles. The van der Waals surface area contributed by atoms with Gasteiger partial charge in [0.1, 0.15) is 11.4 Å². The molecule has 0 amide bonds. The summed E-state index contributed by atoms with van der Waals surface area (Å²) < 4.78 is 0. The molecule has 0 atom stereocenters. The van der Waals surface area contributed by atoms with Crippen molar-refractivity contribution in [3.8, 4) is 17.1 Å². The Morgan fingerprint density at radius 1 is 1.23 bits per heavy atom. The molecule has 3 heterocycles. The Labute approximate surface area is 131 Å². The topological polar surface area (TPSA) is 78.9 Å². The third-order valence-corrected chi connectivity index (χ3v) is 4.74. The monoisotopic (exact) mass is 313 g/mol. The maximum atomic E-state index is 12.4. The van der Waals surface area contributed by atoms with Crippen LogP contribution in [0, 0.1) is 0 Å². The molecule has 22 heavy (non-hydrogen) atoms. The predicted molar refractivity (Wildman–Crippen MR) is 86.2 cm³/mol. The van der Waals surface area contributed by atoms with Crippen LogP contribution < -0.4 is 5.56 Å². The van der Waals surface area contributed by atoms with Gasteiger partial charge >= 0.3 is 0 Å². The molecule has 5 nitrogen and oxygen atoms in total.